The Hall–Kier alpha value is -2.88. The Bertz CT molecular complexity index is 870. The minimum atomic E-state index is 0.690. The molecular formula is C22H24N4. The summed E-state index contributed by atoms with van der Waals surface area (Å²) >= 11 is 0. The molecule has 0 radical (unpaired) electrons. The number of hydrogen-bond donors (Lipinski definition) is 1. The summed E-state index contributed by atoms with van der Waals surface area (Å²) in [5, 5.41) is 3.41. The van der Waals surface area contributed by atoms with Crippen LogP contribution in [-0.4, -0.2) is 23.1 Å². The maximum absolute atomic E-state index is 4.78. The predicted molar refractivity (Wildman–Crippen MR) is 107 cm³/mol. The summed E-state index contributed by atoms with van der Waals surface area (Å²) in [6, 6.07) is 20.9. The van der Waals surface area contributed by atoms with Gasteiger partial charge in [-0.1, -0.05) is 60.2 Å². The molecule has 2 aromatic carbocycles. The van der Waals surface area contributed by atoms with Crippen molar-refractivity contribution in [3.8, 4) is 11.3 Å². The van der Waals surface area contributed by atoms with Crippen LogP contribution >= 0.6 is 0 Å². The van der Waals surface area contributed by atoms with E-state index in [0.29, 0.717) is 5.95 Å². The molecule has 0 unspecified atom stereocenters. The van der Waals surface area contributed by atoms with Crippen molar-refractivity contribution in [1.29, 1.82) is 0 Å². The molecule has 4 heteroatoms. The van der Waals surface area contributed by atoms with Gasteiger partial charge in [0.1, 0.15) is 5.82 Å². The Morgan fingerprint density at radius 2 is 1.73 bits per heavy atom. The molecule has 0 amide bonds. The second-order valence-electron chi connectivity index (χ2n) is 6.84. The highest BCUT2D eigenvalue weighted by Gasteiger charge is 2.16. The molecule has 132 valence electrons. The zero-order valence-corrected chi connectivity index (χ0v) is 15.2. The van der Waals surface area contributed by atoms with Gasteiger partial charge in [0, 0.05) is 31.3 Å². The van der Waals surface area contributed by atoms with Crippen molar-refractivity contribution in [2.24, 2.45) is 0 Å². The monoisotopic (exact) mass is 344 g/mol. The SMILES string of the molecule is Cc1cccc(CNc2nc(-c3ccccc3)cc(N3CCCC3)n2)c1. The summed E-state index contributed by atoms with van der Waals surface area (Å²) in [4.78, 5) is 11.9. The summed E-state index contributed by atoms with van der Waals surface area (Å²) in [6.45, 7) is 4.98. The first kappa shape index (κ1) is 16.6. The minimum Gasteiger partial charge on any atom is -0.356 e. The highest BCUT2D eigenvalue weighted by atomic mass is 15.2. The number of aromatic nitrogens is 2. The third-order valence-corrected chi connectivity index (χ3v) is 4.75. The van der Waals surface area contributed by atoms with Gasteiger partial charge in [0.05, 0.1) is 5.69 Å². The van der Waals surface area contributed by atoms with Crippen LogP contribution in [0.2, 0.25) is 0 Å². The van der Waals surface area contributed by atoms with Gasteiger partial charge in [-0.15, -0.1) is 0 Å². The molecule has 0 saturated carbocycles. The molecule has 1 saturated heterocycles. The van der Waals surface area contributed by atoms with Crippen LogP contribution in [0.1, 0.15) is 24.0 Å². The molecule has 3 aromatic rings. The van der Waals surface area contributed by atoms with Crippen molar-refractivity contribution < 1.29 is 0 Å². The van der Waals surface area contributed by atoms with Gasteiger partial charge in [0.2, 0.25) is 5.95 Å². The second kappa shape index (κ2) is 7.56. The fourth-order valence-electron chi connectivity index (χ4n) is 3.38. The number of hydrogen-bond acceptors (Lipinski definition) is 4. The van der Waals surface area contributed by atoms with Crippen LogP contribution in [0.4, 0.5) is 11.8 Å². The topological polar surface area (TPSA) is 41.1 Å². The average Bonchev–Trinajstić information content (AvgIpc) is 3.22. The first-order valence-electron chi connectivity index (χ1n) is 9.27. The van der Waals surface area contributed by atoms with Crippen LogP contribution < -0.4 is 10.2 Å². The van der Waals surface area contributed by atoms with E-state index in [-0.39, 0.29) is 0 Å². The summed E-state index contributed by atoms with van der Waals surface area (Å²) in [5.41, 5.74) is 4.59. The van der Waals surface area contributed by atoms with Crippen LogP contribution in [-0.2, 0) is 6.54 Å². The molecule has 4 rings (SSSR count). The summed E-state index contributed by atoms with van der Waals surface area (Å²) < 4.78 is 0. The van der Waals surface area contributed by atoms with Gasteiger partial charge in [0.15, 0.2) is 0 Å². The van der Waals surface area contributed by atoms with E-state index < -0.39 is 0 Å². The smallest absolute Gasteiger partial charge is 0.225 e. The fourth-order valence-corrected chi connectivity index (χ4v) is 3.38. The van der Waals surface area contributed by atoms with E-state index in [9.17, 15) is 0 Å². The second-order valence-corrected chi connectivity index (χ2v) is 6.84. The number of benzene rings is 2. The molecule has 1 aliphatic rings. The number of aryl methyl sites for hydroxylation is 1. The normalized spacial score (nSPS) is 13.8. The van der Waals surface area contributed by atoms with Gasteiger partial charge in [-0.25, -0.2) is 4.98 Å². The third kappa shape index (κ3) is 3.85. The quantitative estimate of drug-likeness (QED) is 0.730. The van der Waals surface area contributed by atoms with E-state index in [1.54, 1.807) is 0 Å². The molecule has 0 atom stereocenters. The third-order valence-electron chi connectivity index (χ3n) is 4.75. The highest BCUT2D eigenvalue weighted by Crippen LogP contribution is 2.25. The number of nitrogens with one attached hydrogen (secondary N) is 1. The fraction of sp³-hybridized carbons (Fsp3) is 0.273. The van der Waals surface area contributed by atoms with Gasteiger partial charge in [-0.2, -0.15) is 4.98 Å². The van der Waals surface area contributed by atoms with E-state index in [4.69, 9.17) is 9.97 Å². The van der Waals surface area contributed by atoms with E-state index in [1.807, 2.05) is 18.2 Å². The van der Waals surface area contributed by atoms with Crippen LogP contribution in [0.25, 0.3) is 11.3 Å². The van der Waals surface area contributed by atoms with Crippen LogP contribution in [0.3, 0.4) is 0 Å². The number of nitrogens with zero attached hydrogens (tertiary/aromatic N) is 3. The van der Waals surface area contributed by atoms with Crippen LogP contribution in [0.5, 0.6) is 0 Å². The molecule has 1 fully saturated rings. The van der Waals surface area contributed by atoms with Crippen molar-refractivity contribution in [2.45, 2.75) is 26.3 Å². The molecular weight excluding hydrogens is 320 g/mol. The predicted octanol–water partition coefficient (Wildman–Crippen LogP) is 4.66. The molecule has 1 aliphatic heterocycles. The Labute approximate surface area is 154 Å². The van der Waals surface area contributed by atoms with Gasteiger partial charge in [0.25, 0.3) is 0 Å². The Morgan fingerprint density at radius 3 is 2.50 bits per heavy atom. The zero-order chi connectivity index (χ0) is 17.8. The van der Waals surface area contributed by atoms with Crippen molar-refractivity contribution >= 4 is 11.8 Å². The average molecular weight is 344 g/mol. The molecule has 0 aliphatic carbocycles. The standard InChI is InChI=1S/C22H24N4/c1-17-8-7-9-18(14-17)16-23-22-24-20(19-10-3-2-4-11-19)15-21(25-22)26-12-5-6-13-26/h2-4,7-11,14-15H,5-6,12-13,16H2,1H3,(H,23,24,25). The van der Waals surface area contributed by atoms with Gasteiger partial charge in [-0.05, 0) is 25.3 Å². The molecule has 0 spiro atoms. The van der Waals surface area contributed by atoms with Crippen LogP contribution in [0.15, 0.2) is 60.7 Å². The first-order chi connectivity index (χ1) is 12.8. The van der Waals surface area contributed by atoms with Crippen molar-refractivity contribution in [2.75, 3.05) is 23.3 Å². The maximum atomic E-state index is 4.78. The minimum absolute atomic E-state index is 0.690. The lowest BCUT2D eigenvalue weighted by Crippen LogP contribution is -2.20. The lowest BCUT2D eigenvalue weighted by Gasteiger charge is -2.18. The van der Waals surface area contributed by atoms with Crippen molar-refractivity contribution in [1.82, 2.24) is 9.97 Å². The van der Waals surface area contributed by atoms with E-state index >= 15 is 0 Å². The van der Waals surface area contributed by atoms with Crippen molar-refractivity contribution in [3.05, 3.63) is 71.8 Å². The summed E-state index contributed by atoms with van der Waals surface area (Å²) in [7, 11) is 0. The molecule has 26 heavy (non-hydrogen) atoms. The van der Waals surface area contributed by atoms with Gasteiger partial charge >= 0.3 is 0 Å². The van der Waals surface area contributed by atoms with Crippen molar-refractivity contribution in [3.63, 3.8) is 0 Å². The number of rotatable bonds is 5. The molecule has 2 heterocycles. The molecule has 1 N–H and O–H groups in total. The molecule has 1 aromatic heterocycles. The lowest BCUT2D eigenvalue weighted by atomic mass is 10.1. The lowest BCUT2D eigenvalue weighted by molar-refractivity contribution is 0.924. The first-order valence-corrected chi connectivity index (χ1v) is 9.27. The largest absolute Gasteiger partial charge is 0.356 e. The number of anilines is 2. The van der Waals surface area contributed by atoms with Crippen LogP contribution in [0, 0.1) is 6.92 Å². The van der Waals surface area contributed by atoms with E-state index in [1.165, 1.54) is 24.0 Å². The Balaban J connectivity index is 1.63. The van der Waals surface area contributed by atoms with Gasteiger partial charge in [-0.3, -0.25) is 0 Å². The highest BCUT2D eigenvalue weighted by molar-refractivity contribution is 5.65. The Kier molecular flexibility index (Phi) is 4.82. The van der Waals surface area contributed by atoms with E-state index in [0.717, 1.165) is 36.7 Å². The maximum Gasteiger partial charge on any atom is 0.225 e. The molecule has 0 bridgehead atoms. The summed E-state index contributed by atoms with van der Waals surface area (Å²) in [6.07, 6.45) is 2.47. The Morgan fingerprint density at radius 1 is 0.923 bits per heavy atom. The summed E-state index contributed by atoms with van der Waals surface area (Å²) in [5.74, 6) is 1.71. The molecule has 4 nitrogen and oxygen atoms in total. The zero-order valence-electron chi connectivity index (χ0n) is 15.2. The van der Waals surface area contributed by atoms with Gasteiger partial charge < -0.3 is 10.2 Å². The van der Waals surface area contributed by atoms with E-state index in [2.05, 4.69) is 59.6 Å².